The number of fused-ring (bicyclic) bond motifs is 1. The molecular weight excluding hydrogens is 390 g/mol. The Hall–Kier alpha value is -3.60. The van der Waals surface area contributed by atoms with Crippen LogP contribution < -0.4 is 27.8 Å². The highest BCUT2D eigenvalue weighted by Crippen LogP contribution is 2.19. The van der Waals surface area contributed by atoms with Crippen molar-refractivity contribution in [1.29, 1.82) is 0 Å². The number of carboxylic acids is 1. The smallest absolute Gasteiger partial charge is 0.322 e. The molecule has 0 saturated carbocycles. The van der Waals surface area contributed by atoms with E-state index >= 15 is 0 Å². The number of nitrogens with zero attached hydrogens (tertiary/aromatic N) is 1. The van der Waals surface area contributed by atoms with Crippen LogP contribution in [0.25, 0.3) is 10.9 Å². The van der Waals surface area contributed by atoms with E-state index in [4.69, 9.17) is 22.3 Å². The van der Waals surface area contributed by atoms with E-state index in [0.29, 0.717) is 19.4 Å². The summed E-state index contributed by atoms with van der Waals surface area (Å²) in [6.07, 6.45) is 2.73. The zero-order valence-electron chi connectivity index (χ0n) is 16.4. The summed E-state index contributed by atoms with van der Waals surface area (Å²) >= 11 is 0. The Balaban J connectivity index is 2.07. The fourth-order valence-corrected chi connectivity index (χ4v) is 2.94. The summed E-state index contributed by atoms with van der Waals surface area (Å²) in [5.41, 5.74) is 18.1. The van der Waals surface area contributed by atoms with Gasteiger partial charge in [-0.15, -0.1) is 0 Å². The fourth-order valence-electron chi connectivity index (χ4n) is 2.94. The molecule has 0 bridgehead atoms. The van der Waals surface area contributed by atoms with Gasteiger partial charge in [0.25, 0.3) is 0 Å². The maximum atomic E-state index is 12.5. The van der Waals surface area contributed by atoms with Crippen LogP contribution in [-0.2, 0) is 20.8 Å². The number of para-hydroxylation sites is 1. The Labute approximate surface area is 173 Å². The predicted octanol–water partition coefficient (Wildman–Crippen LogP) is -1.22. The van der Waals surface area contributed by atoms with Crippen LogP contribution in [0.5, 0.6) is 0 Å². The lowest BCUT2D eigenvalue weighted by molar-refractivity contribution is -0.138. The second-order valence-corrected chi connectivity index (χ2v) is 6.79. The molecule has 0 saturated heterocycles. The molecule has 0 spiro atoms. The van der Waals surface area contributed by atoms with Crippen molar-refractivity contribution < 1.29 is 19.5 Å². The minimum atomic E-state index is -1.18. The molecule has 2 unspecified atom stereocenters. The molecule has 2 atom stereocenters. The van der Waals surface area contributed by atoms with E-state index in [1.54, 1.807) is 6.20 Å². The van der Waals surface area contributed by atoms with Crippen LogP contribution in [0, 0.1) is 0 Å². The fraction of sp³-hybridized carbons (Fsp3) is 0.368. The average molecular weight is 417 g/mol. The molecule has 1 aromatic heterocycles. The summed E-state index contributed by atoms with van der Waals surface area (Å²) in [7, 11) is 0. The van der Waals surface area contributed by atoms with Gasteiger partial charge < -0.3 is 37.9 Å². The first-order chi connectivity index (χ1) is 14.3. The molecule has 2 rings (SSSR count). The van der Waals surface area contributed by atoms with Gasteiger partial charge in [-0.2, -0.15) is 0 Å². The predicted molar refractivity (Wildman–Crippen MR) is 112 cm³/mol. The lowest BCUT2D eigenvalue weighted by Gasteiger charge is -2.20. The molecule has 10 N–H and O–H groups in total. The quantitative estimate of drug-likeness (QED) is 0.135. The molecule has 2 amide bonds. The van der Waals surface area contributed by atoms with E-state index in [2.05, 4.69) is 20.6 Å². The number of amides is 2. The van der Waals surface area contributed by atoms with E-state index < -0.39 is 36.4 Å². The molecule has 162 valence electrons. The molecule has 1 aromatic carbocycles. The zero-order chi connectivity index (χ0) is 22.1. The molecule has 11 nitrogen and oxygen atoms in total. The number of aliphatic imine (C=N–C) groups is 1. The van der Waals surface area contributed by atoms with Crippen LogP contribution in [0.2, 0.25) is 0 Å². The number of nitrogens with one attached hydrogen (secondary N) is 3. The van der Waals surface area contributed by atoms with Crippen LogP contribution in [0.1, 0.15) is 18.4 Å². The number of carbonyl (C=O) groups excluding carboxylic acids is 2. The maximum Gasteiger partial charge on any atom is 0.322 e. The number of carboxylic acid groups (broad SMARTS) is 1. The van der Waals surface area contributed by atoms with Gasteiger partial charge in [0.05, 0.1) is 6.04 Å². The number of rotatable bonds is 11. The first-order valence-corrected chi connectivity index (χ1v) is 9.43. The van der Waals surface area contributed by atoms with Gasteiger partial charge in [-0.1, -0.05) is 18.2 Å². The Morgan fingerprint density at radius 3 is 2.60 bits per heavy atom. The topological polar surface area (TPSA) is 202 Å². The minimum absolute atomic E-state index is 0.0399. The number of hydrogen-bond acceptors (Lipinski definition) is 5. The molecule has 0 fully saturated rings. The summed E-state index contributed by atoms with van der Waals surface area (Å²) in [5.74, 6) is -2.35. The van der Waals surface area contributed by atoms with Gasteiger partial charge in [0.1, 0.15) is 12.6 Å². The van der Waals surface area contributed by atoms with Gasteiger partial charge in [-0.3, -0.25) is 19.4 Å². The third-order valence-corrected chi connectivity index (χ3v) is 4.45. The molecule has 0 aliphatic heterocycles. The molecule has 0 aliphatic rings. The number of hydrogen-bond donors (Lipinski definition) is 7. The number of H-pyrrole nitrogens is 1. The average Bonchev–Trinajstić information content (AvgIpc) is 3.11. The first-order valence-electron chi connectivity index (χ1n) is 9.43. The summed E-state index contributed by atoms with van der Waals surface area (Å²) < 4.78 is 0. The molecule has 0 aliphatic carbocycles. The normalized spacial score (nSPS) is 12.7. The summed E-state index contributed by atoms with van der Waals surface area (Å²) in [6.45, 7) is -0.217. The highest BCUT2D eigenvalue weighted by molar-refractivity contribution is 5.92. The van der Waals surface area contributed by atoms with Gasteiger partial charge in [0.2, 0.25) is 11.8 Å². The van der Waals surface area contributed by atoms with E-state index in [9.17, 15) is 14.4 Å². The van der Waals surface area contributed by atoms with Crippen LogP contribution in [0.4, 0.5) is 0 Å². The van der Waals surface area contributed by atoms with Crippen molar-refractivity contribution in [2.45, 2.75) is 31.3 Å². The third-order valence-electron chi connectivity index (χ3n) is 4.45. The van der Waals surface area contributed by atoms with E-state index in [0.717, 1.165) is 16.5 Å². The standard InChI is InChI=1S/C19H27N7O4/c20-13(5-3-7-23-19(21)22)17(29)26-15(18(30)25-10-16(27)28)8-11-9-24-14-6-2-1-4-12(11)14/h1-2,4,6,9,13,15,24H,3,5,7-8,10,20H2,(H,25,30)(H,26,29)(H,27,28)(H4,21,22,23). The number of guanidine groups is 1. The van der Waals surface area contributed by atoms with Crippen molar-refractivity contribution in [1.82, 2.24) is 15.6 Å². The minimum Gasteiger partial charge on any atom is -0.480 e. The second-order valence-electron chi connectivity index (χ2n) is 6.79. The van der Waals surface area contributed by atoms with E-state index in [1.807, 2.05) is 24.3 Å². The number of benzene rings is 1. The van der Waals surface area contributed by atoms with Crippen molar-refractivity contribution in [2.24, 2.45) is 22.2 Å². The number of carbonyl (C=O) groups is 3. The summed E-state index contributed by atoms with van der Waals surface area (Å²) in [4.78, 5) is 42.7. The molecule has 30 heavy (non-hydrogen) atoms. The Bertz CT molecular complexity index is 920. The Morgan fingerprint density at radius 2 is 1.90 bits per heavy atom. The largest absolute Gasteiger partial charge is 0.480 e. The lowest BCUT2D eigenvalue weighted by atomic mass is 10.0. The molecule has 0 radical (unpaired) electrons. The van der Waals surface area contributed by atoms with Crippen LogP contribution in [0.3, 0.4) is 0 Å². The van der Waals surface area contributed by atoms with Crippen molar-refractivity contribution in [3.63, 3.8) is 0 Å². The number of nitrogens with two attached hydrogens (primary N) is 3. The van der Waals surface area contributed by atoms with Crippen molar-refractivity contribution in [3.8, 4) is 0 Å². The zero-order valence-corrected chi connectivity index (χ0v) is 16.4. The lowest BCUT2D eigenvalue weighted by Crippen LogP contribution is -2.53. The summed E-state index contributed by atoms with van der Waals surface area (Å²) in [5, 5.41) is 14.7. The number of aliphatic carboxylic acids is 1. The van der Waals surface area contributed by atoms with Crippen LogP contribution in [0.15, 0.2) is 35.5 Å². The Kier molecular flexibility index (Phi) is 8.18. The highest BCUT2D eigenvalue weighted by Gasteiger charge is 2.25. The van der Waals surface area contributed by atoms with Gasteiger partial charge in [-0.25, -0.2) is 0 Å². The summed E-state index contributed by atoms with van der Waals surface area (Å²) in [6, 6.07) is 5.68. The number of aromatic nitrogens is 1. The van der Waals surface area contributed by atoms with Gasteiger partial charge in [-0.05, 0) is 24.5 Å². The molecular formula is C19H27N7O4. The van der Waals surface area contributed by atoms with Crippen molar-refractivity contribution in [2.75, 3.05) is 13.1 Å². The maximum absolute atomic E-state index is 12.5. The third kappa shape index (κ3) is 6.78. The second kappa shape index (κ2) is 10.8. The van der Waals surface area contributed by atoms with Gasteiger partial charge in [0, 0.05) is 30.1 Å². The van der Waals surface area contributed by atoms with Crippen LogP contribution in [-0.4, -0.2) is 59.0 Å². The molecule has 1 heterocycles. The van der Waals surface area contributed by atoms with E-state index in [1.165, 1.54) is 0 Å². The molecule has 11 heteroatoms. The first kappa shape index (κ1) is 22.7. The van der Waals surface area contributed by atoms with Crippen molar-refractivity contribution in [3.05, 3.63) is 36.0 Å². The number of aromatic amines is 1. The SMILES string of the molecule is NC(N)=NCCCC(N)C(=O)NC(Cc1c[nH]c2ccccc12)C(=O)NCC(=O)O. The van der Waals surface area contributed by atoms with Crippen LogP contribution >= 0.6 is 0 Å². The van der Waals surface area contributed by atoms with E-state index in [-0.39, 0.29) is 12.4 Å². The van der Waals surface area contributed by atoms with Gasteiger partial charge >= 0.3 is 5.97 Å². The monoisotopic (exact) mass is 417 g/mol. The Morgan fingerprint density at radius 1 is 1.17 bits per heavy atom. The highest BCUT2D eigenvalue weighted by atomic mass is 16.4. The van der Waals surface area contributed by atoms with Gasteiger partial charge in [0.15, 0.2) is 5.96 Å². The van der Waals surface area contributed by atoms with Crippen molar-refractivity contribution >= 4 is 34.6 Å². The molecule has 2 aromatic rings.